The van der Waals surface area contributed by atoms with Gasteiger partial charge in [0.15, 0.2) is 0 Å². The van der Waals surface area contributed by atoms with Gasteiger partial charge in [0.2, 0.25) is 0 Å². The molecule has 8 heteroatoms. The molecule has 0 spiro atoms. The minimum Gasteiger partial charge on any atom is -0.490 e. The van der Waals surface area contributed by atoms with E-state index >= 15 is 0 Å². The number of benzene rings is 4. The predicted molar refractivity (Wildman–Crippen MR) is 145 cm³/mol. The number of aliphatic hydroxyl groups is 2. The number of aliphatic hydroxyl groups excluding tert-OH is 2. The highest BCUT2D eigenvalue weighted by molar-refractivity contribution is 7.89. The summed E-state index contributed by atoms with van der Waals surface area (Å²) in [6.45, 7) is -0.0689. The molecule has 3 N–H and O–H groups in total. The number of hydrogen-bond acceptors (Lipinski definition) is 6. The van der Waals surface area contributed by atoms with Gasteiger partial charge in [0, 0.05) is 28.3 Å². The zero-order valence-corrected chi connectivity index (χ0v) is 21.3. The molecule has 0 aliphatic heterocycles. The molecule has 0 radical (unpaired) electrons. The molecule has 0 heterocycles. The Morgan fingerprint density at radius 1 is 0.684 bits per heavy atom. The minimum absolute atomic E-state index is 0.0117. The molecule has 0 amide bonds. The Morgan fingerprint density at radius 3 is 1.61 bits per heavy atom. The average molecular weight is 533 g/mol. The van der Waals surface area contributed by atoms with E-state index in [4.69, 9.17) is 9.47 Å². The number of hydrogen-bond donors (Lipinski definition) is 3. The summed E-state index contributed by atoms with van der Waals surface area (Å²) >= 11 is 0. The molecule has 0 aromatic heterocycles. The standard InChI is InChI=1S/C30H28O7S/c31-27(20-9-3-1-4-10-20)18-36-29-23-13-7-8-14-24(23)30(37-19-28(32)21-11-5-2-6-12-21)26-17-22(38(33,34)35)15-16-25(26)29/h1-15,27-28,31-32H,16-19H2,(H,33,34,35). The summed E-state index contributed by atoms with van der Waals surface area (Å²) in [6.07, 6.45) is -0.204. The van der Waals surface area contributed by atoms with E-state index < -0.39 is 22.3 Å². The van der Waals surface area contributed by atoms with E-state index in [0.717, 1.165) is 5.39 Å². The van der Waals surface area contributed by atoms with E-state index in [1.165, 1.54) is 6.08 Å². The fourth-order valence-corrected chi connectivity index (χ4v) is 5.36. The summed E-state index contributed by atoms with van der Waals surface area (Å²) in [4.78, 5) is -0.121. The Kier molecular flexibility index (Phi) is 7.49. The fourth-order valence-electron chi connectivity index (χ4n) is 4.74. The lowest BCUT2D eigenvalue weighted by molar-refractivity contribution is 0.106. The molecule has 0 bridgehead atoms. The molecule has 38 heavy (non-hydrogen) atoms. The molecule has 0 fully saturated rings. The van der Waals surface area contributed by atoms with Gasteiger partial charge in [0.25, 0.3) is 10.1 Å². The van der Waals surface area contributed by atoms with E-state index in [1.807, 2.05) is 72.8 Å². The van der Waals surface area contributed by atoms with Crippen LogP contribution in [-0.2, 0) is 23.0 Å². The molecule has 4 aromatic rings. The van der Waals surface area contributed by atoms with Gasteiger partial charge in [-0.05, 0) is 17.5 Å². The van der Waals surface area contributed by atoms with Crippen LogP contribution in [0.4, 0.5) is 0 Å². The first kappa shape index (κ1) is 25.9. The first-order valence-electron chi connectivity index (χ1n) is 12.3. The third-order valence-electron chi connectivity index (χ3n) is 6.68. The summed E-state index contributed by atoms with van der Waals surface area (Å²) < 4.78 is 46.2. The molecular formula is C30H28O7S. The van der Waals surface area contributed by atoms with Gasteiger partial charge in [0.1, 0.15) is 36.9 Å². The van der Waals surface area contributed by atoms with Crippen LogP contribution in [0, 0.1) is 0 Å². The Labute approximate surface area is 221 Å². The molecular weight excluding hydrogens is 504 g/mol. The van der Waals surface area contributed by atoms with Crippen LogP contribution >= 0.6 is 0 Å². The second-order valence-corrected chi connectivity index (χ2v) is 10.6. The Bertz CT molecular complexity index is 1570. The van der Waals surface area contributed by atoms with E-state index in [-0.39, 0.29) is 31.0 Å². The molecule has 1 aliphatic rings. The van der Waals surface area contributed by atoms with Crippen molar-refractivity contribution in [3.05, 3.63) is 118 Å². The summed E-state index contributed by atoms with van der Waals surface area (Å²) in [5, 5.41) is 22.8. The largest absolute Gasteiger partial charge is 0.490 e. The highest BCUT2D eigenvalue weighted by atomic mass is 32.2. The van der Waals surface area contributed by atoms with Crippen LogP contribution in [0.15, 0.2) is 95.9 Å². The number of fused-ring (bicyclic) bond motifs is 2. The van der Waals surface area contributed by atoms with Gasteiger partial charge < -0.3 is 19.7 Å². The molecule has 0 saturated carbocycles. The van der Waals surface area contributed by atoms with Crippen LogP contribution in [0.5, 0.6) is 11.5 Å². The molecule has 5 rings (SSSR count). The van der Waals surface area contributed by atoms with Gasteiger partial charge in [-0.1, -0.05) is 91.0 Å². The molecule has 2 unspecified atom stereocenters. The quantitative estimate of drug-likeness (QED) is 0.262. The maximum absolute atomic E-state index is 12.0. The van der Waals surface area contributed by atoms with Gasteiger partial charge >= 0.3 is 0 Å². The van der Waals surface area contributed by atoms with Crippen LogP contribution < -0.4 is 9.47 Å². The van der Waals surface area contributed by atoms with Crippen molar-refractivity contribution in [3.8, 4) is 11.5 Å². The maximum Gasteiger partial charge on any atom is 0.290 e. The van der Waals surface area contributed by atoms with Crippen molar-refractivity contribution in [3.63, 3.8) is 0 Å². The second-order valence-electron chi connectivity index (χ2n) is 9.16. The third kappa shape index (κ3) is 5.44. The summed E-state index contributed by atoms with van der Waals surface area (Å²) in [5.74, 6) is 0.947. The summed E-state index contributed by atoms with van der Waals surface area (Å²) in [6, 6.07) is 25.7. The number of allylic oxidation sites excluding steroid dienone is 2. The topological polar surface area (TPSA) is 113 Å². The highest BCUT2D eigenvalue weighted by Gasteiger charge is 2.29. The average Bonchev–Trinajstić information content (AvgIpc) is 2.94. The van der Waals surface area contributed by atoms with Gasteiger partial charge in [0.05, 0.1) is 4.91 Å². The third-order valence-corrected chi connectivity index (χ3v) is 7.66. The van der Waals surface area contributed by atoms with Crippen LogP contribution in [0.25, 0.3) is 10.8 Å². The van der Waals surface area contributed by atoms with Crippen molar-refractivity contribution in [2.75, 3.05) is 13.2 Å². The van der Waals surface area contributed by atoms with Crippen LogP contribution in [0.1, 0.15) is 34.5 Å². The zero-order valence-electron chi connectivity index (χ0n) is 20.5. The monoisotopic (exact) mass is 532 g/mol. The Balaban J connectivity index is 1.55. The highest BCUT2D eigenvalue weighted by Crippen LogP contribution is 2.45. The van der Waals surface area contributed by atoms with Crippen LogP contribution in [0.2, 0.25) is 0 Å². The van der Waals surface area contributed by atoms with Gasteiger partial charge in [-0.3, -0.25) is 4.55 Å². The van der Waals surface area contributed by atoms with Crippen molar-refractivity contribution in [2.24, 2.45) is 0 Å². The van der Waals surface area contributed by atoms with Crippen LogP contribution in [0.3, 0.4) is 0 Å². The van der Waals surface area contributed by atoms with Gasteiger partial charge in [-0.25, -0.2) is 0 Å². The molecule has 2 atom stereocenters. The number of rotatable bonds is 9. The van der Waals surface area contributed by atoms with E-state index in [9.17, 15) is 23.2 Å². The normalized spacial score (nSPS) is 14.9. The minimum atomic E-state index is -4.41. The van der Waals surface area contributed by atoms with Gasteiger partial charge in [-0.2, -0.15) is 8.42 Å². The van der Waals surface area contributed by atoms with Gasteiger partial charge in [-0.15, -0.1) is 0 Å². The molecule has 7 nitrogen and oxygen atoms in total. The second kappa shape index (κ2) is 11.0. The Morgan fingerprint density at radius 2 is 1.13 bits per heavy atom. The Hall–Kier alpha value is -3.69. The van der Waals surface area contributed by atoms with Crippen molar-refractivity contribution in [1.29, 1.82) is 0 Å². The van der Waals surface area contributed by atoms with Crippen molar-refractivity contribution in [1.82, 2.24) is 0 Å². The first-order valence-corrected chi connectivity index (χ1v) is 13.7. The smallest absolute Gasteiger partial charge is 0.290 e. The lowest BCUT2D eigenvalue weighted by Crippen LogP contribution is -2.17. The lowest BCUT2D eigenvalue weighted by atomic mass is 9.90. The predicted octanol–water partition coefficient (Wildman–Crippen LogP) is 4.93. The maximum atomic E-state index is 12.0. The van der Waals surface area contributed by atoms with Crippen molar-refractivity contribution in [2.45, 2.75) is 25.0 Å². The molecule has 0 saturated heterocycles. The fraction of sp³-hybridized carbons (Fsp3) is 0.200. The van der Waals surface area contributed by atoms with Crippen molar-refractivity contribution < 1.29 is 32.7 Å². The zero-order chi connectivity index (χ0) is 26.7. The summed E-state index contributed by atoms with van der Waals surface area (Å²) in [5.41, 5.74) is 2.68. The van der Waals surface area contributed by atoms with E-state index in [1.54, 1.807) is 12.1 Å². The SMILES string of the molecule is O=S(=O)(O)C1=CCc2c(c(OCC(O)c3ccccc3)c3ccccc3c2OCC(O)c2ccccc2)C1. The summed E-state index contributed by atoms with van der Waals surface area (Å²) in [7, 11) is -4.41. The molecule has 196 valence electrons. The van der Waals surface area contributed by atoms with E-state index in [2.05, 4.69) is 0 Å². The first-order chi connectivity index (χ1) is 18.3. The lowest BCUT2D eigenvalue weighted by Gasteiger charge is -2.26. The van der Waals surface area contributed by atoms with Crippen LogP contribution in [-0.4, -0.2) is 36.4 Å². The molecule has 4 aromatic carbocycles. The molecule has 1 aliphatic carbocycles. The van der Waals surface area contributed by atoms with Crippen molar-refractivity contribution >= 4 is 20.9 Å². The van der Waals surface area contributed by atoms with E-state index in [0.29, 0.717) is 39.1 Å². The number of ether oxygens (including phenoxy) is 2.